The minimum atomic E-state index is -1.80. The fraction of sp³-hybridized carbons (Fsp3) is 0.353. The van der Waals surface area contributed by atoms with Crippen molar-refractivity contribution in [2.24, 2.45) is 0 Å². The molecule has 0 spiro atoms. The van der Waals surface area contributed by atoms with Crippen molar-refractivity contribution in [3.05, 3.63) is 79.9 Å². The predicted octanol–water partition coefficient (Wildman–Crippen LogP) is 2.62. The normalized spacial score (nSPS) is 12.6. The second-order valence-electron chi connectivity index (χ2n) is 12.1. The van der Waals surface area contributed by atoms with Crippen molar-refractivity contribution in [3.8, 4) is 11.5 Å². The van der Waals surface area contributed by atoms with Crippen LogP contribution in [0, 0.1) is 11.6 Å². The Balaban J connectivity index is 0.000000278. The molecule has 2 aliphatic rings. The Hall–Kier alpha value is -5.89. The molecule has 0 unspecified atom stereocenters. The maximum atomic E-state index is 14.2. The molecule has 2 aromatic heterocycles. The van der Waals surface area contributed by atoms with E-state index >= 15 is 0 Å². The van der Waals surface area contributed by atoms with E-state index in [4.69, 9.17) is 43.4 Å². The van der Waals surface area contributed by atoms with Gasteiger partial charge >= 0.3 is 47.9 Å². The van der Waals surface area contributed by atoms with E-state index in [0.29, 0.717) is 5.52 Å². The molecule has 296 valence electrons. The molecule has 2 aliphatic carbocycles. The number of aromatic nitrogens is 2. The first-order chi connectivity index (χ1) is 26.0. The number of ether oxygens (including phenoxy) is 3. The molecular weight excluding hydrogens is 747 g/mol. The third-order valence-electron chi connectivity index (χ3n) is 8.00. The number of rotatable bonds is 11. The zero-order valence-corrected chi connectivity index (χ0v) is 29.8. The number of nitrogens with zero attached hydrogens (tertiary/aromatic N) is 2. The quantitative estimate of drug-likeness (QED) is 0.146. The fourth-order valence-corrected chi connectivity index (χ4v) is 5.44. The summed E-state index contributed by atoms with van der Waals surface area (Å²) in [6, 6.07) is 4.88. The molecule has 3 N–H and O–H groups in total. The van der Waals surface area contributed by atoms with Crippen molar-refractivity contribution in [1.29, 1.82) is 0 Å². The van der Waals surface area contributed by atoms with Gasteiger partial charge in [0.1, 0.15) is 11.1 Å². The van der Waals surface area contributed by atoms with Gasteiger partial charge in [-0.1, -0.05) is 7.43 Å². The number of pyridine rings is 2. The number of fused-ring (bicyclic) bond motifs is 2. The van der Waals surface area contributed by atoms with Crippen LogP contribution in [0.25, 0.3) is 21.8 Å². The number of methoxy groups -OCH3 is 2. The van der Waals surface area contributed by atoms with E-state index in [2.05, 4.69) is 0 Å². The Morgan fingerprint density at radius 3 is 1.52 bits per heavy atom. The Labute approximate surface area is 318 Å². The van der Waals surface area contributed by atoms with Crippen LogP contribution >= 0.6 is 0 Å². The van der Waals surface area contributed by atoms with Gasteiger partial charge in [-0.15, -0.1) is 0 Å². The molecule has 0 amide bonds. The van der Waals surface area contributed by atoms with Gasteiger partial charge in [0.15, 0.2) is 29.6 Å². The standard InChI is InChI=1S/C19H19BFNO8.C14H12FNO4.CH4.B2H2O3/c1-10(23)29-20(30-11(2)24)9-28-19(26)14-8-22(12-4-5-12)16-13(17(14)25)6-7-15(21)18(16)27-3;1-20-13-10(15)5-4-8-11(13)16(7-2-3-7)6-9(12(8)17)14(18)19;;3-1-2(4)5/h6-8,12H,4-5,9H2,1-3H3;4-7H,2-3H2,1H3,(H,18,19);1H4;4-5H. The summed E-state index contributed by atoms with van der Waals surface area (Å²) in [4.78, 5) is 71.0. The van der Waals surface area contributed by atoms with Crippen LogP contribution in [-0.2, 0) is 28.3 Å². The summed E-state index contributed by atoms with van der Waals surface area (Å²) in [6.07, 6.45) is 5.93. The van der Waals surface area contributed by atoms with E-state index in [1.165, 1.54) is 38.7 Å². The molecule has 2 aromatic carbocycles. The van der Waals surface area contributed by atoms with Crippen LogP contribution < -0.4 is 20.3 Å². The first-order valence-electron chi connectivity index (χ1n) is 16.4. The van der Waals surface area contributed by atoms with Crippen molar-refractivity contribution in [1.82, 2.24) is 9.13 Å². The van der Waals surface area contributed by atoms with Crippen molar-refractivity contribution in [2.75, 3.05) is 20.7 Å². The third-order valence-corrected chi connectivity index (χ3v) is 8.00. The topological polar surface area (TPSA) is 236 Å². The molecule has 0 atom stereocenters. The molecule has 0 bridgehead atoms. The Morgan fingerprint density at radius 2 is 1.18 bits per heavy atom. The SMILES string of the molecule is C.COc1c(F)ccc2c(=O)c(C(=O)O)cn(C3CC3)c12.COc1c(F)ccc2c(=O)c(C(=O)OCB(OC(C)=O)OC(C)=O)cn(C3CC3)c12.O=BB(O)O. The second kappa shape index (κ2) is 19.1. The molecule has 17 nitrogen and oxygen atoms in total. The third kappa shape index (κ3) is 10.4. The monoisotopic (exact) mass is 784 g/mol. The van der Waals surface area contributed by atoms with Gasteiger partial charge in [-0.3, -0.25) is 19.2 Å². The van der Waals surface area contributed by atoms with Crippen molar-refractivity contribution in [2.45, 2.75) is 59.0 Å². The van der Waals surface area contributed by atoms with Gasteiger partial charge in [-0.25, -0.2) is 18.4 Å². The molecule has 0 saturated heterocycles. The van der Waals surface area contributed by atoms with Crippen molar-refractivity contribution < 1.29 is 71.3 Å². The van der Waals surface area contributed by atoms with Gasteiger partial charge in [0.2, 0.25) is 10.9 Å². The summed E-state index contributed by atoms with van der Waals surface area (Å²) in [5, 5.41) is 24.5. The first-order valence-corrected chi connectivity index (χ1v) is 16.4. The zero-order valence-electron chi connectivity index (χ0n) is 29.8. The van der Waals surface area contributed by atoms with Gasteiger partial charge in [0.25, 0.3) is 11.9 Å². The Kier molecular flexibility index (Phi) is 15.2. The van der Waals surface area contributed by atoms with E-state index in [1.807, 2.05) is 0 Å². The molecule has 56 heavy (non-hydrogen) atoms. The number of aromatic carboxylic acids is 1. The van der Waals surface area contributed by atoms with Crippen LogP contribution in [0.3, 0.4) is 0 Å². The number of halogens is 2. The van der Waals surface area contributed by atoms with Crippen LogP contribution in [-0.4, -0.2) is 90.1 Å². The molecule has 2 saturated carbocycles. The number of carbonyl (C=O) groups is 4. The molecule has 2 heterocycles. The van der Waals surface area contributed by atoms with Crippen molar-refractivity contribution >= 4 is 66.9 Å². The summed E-state index contributed by atoms with van der Waals surface area (Å²) in [6.45, 7) is 1.61. The minimum absolute atomic E-state index is 0. The summed E-state index contributed by atoms with van der Waals surface area (Å²) in [7, 11) is -0.587. The van der Waals surface area contributed by atoms with E-state index in [1.54, 1.807) is 9.13 Å². The molecule has 0 aliphatic heterocycles. The summed E-state index contributed by atoms with van der Waals surface area (Å²) in [5.41, 5.74) is -1.29. The predicted molar refractivity (Wildman–Crippen MR) is 196 cm³/mol. The van der Waals surface area contributed by atoms with Gasteiger partial charge in [0, 0.05) is 38.3 Å². The summed E-state index contributed by atoms with van der Waals surface area (Å²) >= 11 is 0. The summed E-state index contributed by atoms with van der Waals surface area (Å²) in [5.74, 6) is -5.07. The van der Waals surface area contributed by atoms with Gasteiger partial charge in [-0.2, -0.15) is 0 Å². The average molecular weight is 784 g/mol. The maximum absolute atomic E-state index is 14.2. The van der Waals surface area contributed by atoms with Crippen LogP contribution in [0.15, 0.2) is 46.2 Å². The molecule has 0 radical (unpaired) electrons. The molecular formula is C34H37B3F2N2O15. The average Bonchev–Trinajstić information content (AvgIpc) is 4.06. The van der Waals surface area contributed by atoms with Gasteiger partial charge in [-0.05, 0) is 49.9 Å². The summed E-state index contributed by atoms with van der Waals surface area (Å²) < 4.78 is 65.0. The van der Waals surface area contributed by atoms with Crippen LogP contribution in [0.4, 0.5) is 8.78 Å². The van der Waals surface area contributed by atoms with E-state index in [9.17, 15) is 37.5 Å². The van der Waals surface area contributed by atoms with Crippen molar-refractivity contribution in [3.63, 3.8) is 0 Å². The first kappa shape index (κ1) is 44.5. The van der Waals surface area contributed by atoms with Crippen LogP contribution in [0.1, 0.15) is 79.8 Å². The Bertz CT molecular complexity index is 2260. The number of carboxylic acids is 1. The van der Waals surface area contributed by atoms with Gasteiger partial charge < -0.3 is 37.8 Å². The van der Waals surface area contributed by atoms with E-state index in [0.717, 1.165) is 51.7 Å². The van der Waals surface area contributed by atoms with Crippen LogP contribution in [0.5, 0.6) is 11.5 Å². The molecule has 6 rings (SSSR count). The molecule has 22 heteroatoms. The van der Waals surface area contributed by atoms with Crippen LogP contribution in [0.2, 0.25) is 0 Å². The van der Waals surface area contributed by atoms with E-state index in [-0.39, 0.29) is 65.5 Å². The Morgan fingerprint density at radius 1 is 0.786 bits per heavy atom. The fourth-order valence-electron chi connectivity index (χ4n) is 5.44. The number of carboxylic acid groups (broad SMARTS) is 1. The number of benzene rings is 2. The number of hydrogen-bond acceptors (Lipinski definition) is 14. The number of carbonyl (C=O) groups excluding carboxylic acids is 3. The molecule has 4 aromatic rings. The number of hydrogen-bond donors (Lipinski definition) is 3. The number of esters is 1. The second-order valence-corrected chi connectivity index (χ2v) is 12.1. The molecule has 2 fully saturated rings. The zero-order chi connectivity index (χ0) is 40.7. The van der Waals surface area contributed by atoms with E-state index < -0.39 is 67.0 Å². The van der Waals surface area contributed by atoms with Gasteiger partial charge in [0.05, 0.1) is 36.0 Å².